The van der Waals surface area contributed by atoms with Crippen LogP contribution in [0.25, 0.3) is 0 Å². The summed E-state index contributed by atoms with van der Waals surface area (Å²) in [6.07, 6.45) is 3.97. The van der Waals surface area contributed by atoms with Crippen LogP contribution in [0.1, 0.15) is 42.1 Å². The summed E-state index contributed by atoms with van der Waals surface area (Å²) in [5.74, 6) is 1.51. The Labute approximate surface area is 129 Å². The van der Waals surface area contributed by atoms with Gasteiger partial charge in [0.05, 0.1) is 6.04 Å². The van der Waals surface area contributed by atoms with Crippen molar-refractivity contribution in [3.63, 3.8) is 0 Å². The van der Waals surface area contributed by atoms with Gasteiger partial charge in [-0.1, -0.05) is 6.42 Å². The molecule has 0 saturated carbocycles. The Morgan fingerprint density at radius 1 is 1.40 bits per heavy atom. The van der Waals surface area contributed by atoms with Gasteiger partial charge in [0, 0.05) is 21.5 Å². The van der Waals surface area contributed by atoms with Gasteiger partial charge in [0.1, 0.15) is 6.17 Å². The highest BCUT2D eigenvalue weighted by molar-refractivity contribution is 7.99. The molecule has 1 aromatic rings. The minimum absolute atomic E-state index is 0.0593. The molecule has 2 saturated heterocycles. The summed E-state index contributed by atoms with van der Waals surface area (Å²) in [6, 6.07) is 4.24. The van der Waals surface area contributed by atoms with E-state index in [0.717, 1.165) is 6.54 Å². The Hall–Kier alpha value is -0.520. The highest BCUT2D eigenvalue weighted by Crippen LogP contribution is 2.33. The number of hydrogen-bond donors (Lipinski definition) is 1. The van der Waals surface area contributed by atoms with Crippen molar-refractivity contribution in [2.24, 2.45) is 0 Å². The van der Waals surface area contributed by atoms with Crippen LogP contribution in [0.3, 0.4) is 0 Å². The molecular weight excluding hydrogens is 288 g/mol. The Morgan fingerprint density at radius 3 is 2.90 bits per heavy atom. The topological polar surface area (TPSA) is 32.3 Å². The third-order valence-electron chi connectivity index (χ3n) is 4.08. The molecule has 0 radical (unpaired) electrons. The minimum atomic E-state index is -0.0593. The molecule has 20 heavy (non-hydrogen) atoms. The number of carbonyl (C=O) groups is 1. The van der Waals surface area contributed by atoms with Crippen LogP contribution in [0.4, 0.5) is 0 Å². The van der Waals surface area contributed by atoms with E-state index in [0.29, 0.717) is 5.25 Å². The first-order chi connectivity index (χ1) is 9.65. The Balaban J connectivity index is 1.75. The number of rotatable bonds is 3. The average molecular weight is 310 g/mol. The fourth-order valence-corrected chi connectivity index (χ4v) is 5.23. The monoisotopic (exact) mass is 310 g/mol. The van der Waals surface area contributed by atoms with Crippen molar-refractivity contribution >= 4 is 29.0 Å². The minimum Gasteiger partial charge on any atom is -0.320 e. The number of thioether (sulfide) groups is 1. The van der Waals surface area contributed by atoms with Crippen LogP contribution in [0.2, 0.25) is 0 Å². The van der Waals surface area contributed by atoms with Crippen molar-refractivity contribution in [2.45, 2.75) is 50.6 Å². The molecule has 3 rings (SSSR count). The SMILES string of the molecule is Cc1ccc(C2NC(C)C(=O)N2CC2CCCCS2)s1. The van der Waals surface area contributed by atoms with Crippen LogP contribution in [0.5, 0.6) is 0 Å². The molecule has 3 nitrogen and oxygen atoms in total. The fourth-order valence-electron chi connectivity index (χ4n) is 2.98. The van der Waals surface area contributed by atoms with Gasteiger partial charge in [0.2, 0.25) is 5.91 Å². The van der Waals surface area contributed by atoms with E-state index in [-0.39, 0.29) is 18.1 Å². The number of nitrogens with zero attached hydrogens (tertiary/aromatic N) is 1. The lowest BCUT2D eigenvalue weighted by atomic mass is 10.1. The molecular formula is C15H22N2OS2. The molecule has 0 aliphatic carbocycles. The number of thiophene rings is 1. The van der Waals surface area contributed by atoms with Gasteiger partial charge in [-0.3, -0.25) is 10.1 Å². The van der Waals surface area contributed by atoms with Gasteiger partial charge in [-0.05, 0) is 44.6 Å². The summed E-state index contributed by atoms with van der Waals surface area (Å²) >= 11 is 3.83. The highest BCUT2D eigenvalue weighted by Gasteiger charge is 2.38. The van der Waals surface area contributed by atoms with Gasteiger partial charge in [-0.2, -0.15) is 11.8 Å². The van der Waals surface area contributed by atoms with E-state index in [1.54, 1.807) is 11.3 Å². The summed E-state index contributed by atoms with van der Waals surface area (Å²) in [5.41, 5.74) is 0. The summed E-state index contributed by atoms with van der Waals surface area (Å²) in [7, 11) is 0. The quantitative estimate of drug-likeness (QED) is 0.931. The van der Waals surface area contributed by atoms with Gasteiger partial charge < -0.3 is 4.90 Å². The smallest absolute Gasteiger partial charge is 0.241 e. The molecule has 110 valence electrons. The van der Waals surface area contributed by atoms with Gasteiger partial charge in [-0.15, -0.1) is 11.3 Å². The van der Waals surface area contributed by atoms with Crippen molar-refractivity contribution in [1.82, 2.24) is 10.2 Å². The van der Waals surface area contributed by atoms with Crippen molar-refractivity contribution in [2.75, 3.05) is 12.3 Å². The Kier molecular flexibility index (Phi) is 4.38. The lowest BCUT2D eigenvalue weighted by molar-refractivity contribution is -0.129. The maximum atomic E-state index is 12.4. The molecule has 2 aliphatic rings. The lowest BCUT2D eigenvalue weighted by Crippen LogP contribution is -2.36. The zero-order valence-electron chi connectivity index (χ0n) is 12.1. The number of hydrogen-bond acceptors (Lipinski definition) is 4. The normalized spacial score (nSPS) is 31.0. The van der Waals surface area contributed by atoms with E-state index >= 15 is 0 Å². The fraction of sp³-hybridized carbons (Fsp3) is 0.667. The van der Waals surface area contributed by atoms with E-state index in [9.17, 15) is 4.79 Å². The summed E-state index contributed by atoms with van der Waals surface area (Å²) < 4.78 is 0. The summed E-state index contributed by atoms with van der Waals surface area (Å²) in [4.78, 5) is 17.1. The highest BCUT2D eigenvalue weighted by atomic mass is 32.2. The largest absolute Gasteiger partial charge is 0.320 e. The number of carbonyl (C=O) groups excluding carboxylic acids is 1. The van der Waals surface area contributed by atoms with E-state index in [1.807, 2.05) is 18.7 Å². The maximum absolute atomic E-state index is 12.4. The Bertz CT molecular complexity index is 482. The van der Waals surface area contributed by atoms with Crippen LogP contribution >= 0.6 is 23.1 Å². The van der Waals surface area contributed by atoms with Gasteiger partial charge in [0.15, 0.2) is 0 Å². The molecule has 0 aromatic carbocycles. The van der Waals surface area contributed by atoms with Crippen LogP contribution in [-0.4, -0.2) is 34.4 Å². The molecule has 1 aromatic heterocycles. The number of aryl methyl sites for hydroxylation is 1. The predicted octanol–water partition coefficient (Wildman–Crippen LogP) is 3.16. The van der Waals surface area contributed by atoms with Crippen molar-refractivity contribution in [1.29, 1.82) is 0 Å². The second-order valence-electron chi connectivity index (χ2n) is 5.72. The average Bonchev–Trinajstić information content (AvgIpc) is 2.99. The van der Waals surface area contributed by atoms with E-state index in [2.05, 4.69) is 29.3 Å². The molecule has 0 spiro atoms. The Morgan fingerprint density at radius 2 is 2.25 bits per heavy atom. The standard InChI is InChI=1S/C15H22N2OS2/c1-10-6-7-13(20-10)14-16-11(2)15(18)17(14)9-12-5-3-4-8-19-12/h6-7,11-12,14,16H,3-5,8-9H2,1-2H3. The van der Waals surface area contributed by atoms with E-state index in [4.69, 9.17) is 0 Å². The third kappa shape index (κ3) is 2.90. The summed E-state index contributed by atoms with van der Waals surface area (Å²) in [6.45, 7) is 4.99. The second-order valence-corrected chi connectivity index (χ2v) is 8.45. The molecule has 3 heterocycles. The van der Waals surface area contributed by atoms with Crippen molar-refractivity contribution < 1.29 is 4.79 Å². The zero-order chi connectivity index (χ0) is 14.1. The first kappa shape index (κ1) is 14.4. The van der Waals surface area contributed by atoms with Crippen LogP contribution in [-0.2, 0) is 4.79 Å². The number of amides is 1. The molecule has 1 amide bonds. The molecule has 0 bridgehead atoms. The van der Waals surface area contributed by atoms with Crippen molar-refractivity contribution in [3.05, 3.63) is 21.9 Å². The second kappa shape index (κ2) is 6.08. The van der Waals surface area contributed by atoms with Crippen LogP contribution in [0.15, 0.2) is 12.1 Å². The number of nitrogens with one attached hydrogen (secondary N) is 1. The molecule has 2 aliphatic heterocycles. The third-order valence-corrected chi connectivity index (χ3v) is 6.51. The van der Waals surface area contributed by atoms with Crippen molar-refractivity contribution in [3.8, 4) is 0 Å². The first-order valence-electron chi connectivity index (χ1n) is 7.39. The summed E-state index contributed by atoms with van der Waals surface area (Å²) in [5, 5.41) is 4.06. The maximum Gasteiger partial charge on any atom is 0.241 e. The van der Waals surface area contributed by atoms with Crippen LogP contribution in [0, 0.1) is 6.92 Å². The molecule has 1 N–H and O–H groups in total. The predicted molar refractivity (Wildman–Crippen MR) is 86.2 cm³/mol. The lowest BCUT2D eigenvalue weighted by Gasteiger charge is -2.30. The van der Waals surface area contributed by atoms with Crippen LogP contribution < -0.4 is 5.32 Å². The van der Waals surface area contributed by atoms with E-state index < -0.39 is 0 Å². The molecule has 3 unspecified atom stereocenters. The zero-order valence-corrected chi connectivity index (χ0v) is 13.7. The van der Waals surface area contributed by atoms with E-state index in [1.165, 1.54) is 34.8 Å². The molecule has 3 atom stereocenters. The molecule has 2 fully saturated rings. The van der Waals surface area contributed by atoms with Gasteiger partial charge in [0.25, 0.3) is 0 Å². The van der Waals surface area contributed by atoms with Gasteiger partial charge >= 0.3 is 0 Å². The van der Waals surface area contributed by atoms with Gasteiger partial charge in [-0.25, -0.2) is 0 Å². The first-order valence-corrected chi connectivity index (χ1v) is 9.26. The molecule has 5 heteroatoms.